The molecule has 7 heteroatoms. The fourth-order valence-electron chi connectivity index (χ4n) is 4.19. The Balaban J connectivity index is 1.57. The van der Waals surface area contributed by atoms with Crippen LogP contribution in [0, 0.1) is 0 Å². The third-order valence-electron chi connectivity index (χ3n) is 5.92. The van der Waals surface area contributed by atoms with Gasteiger partial charge in [-0.3, -0.25) is 9.69 Å². The molecule has 1 heterocycles. The molecule has 0 saturated carbocycles. The highest BCUT2D eigenvalue weighted by molar-refractivity contribution is 5.86. The first-order chi connectivity index (χ1) is 18.9. The van der Waals surface area contributed by atoms with Crippen molar-refractivity contribution < 1.29 is 19.1 Å². The Morgan fingerprint density at radius 2 is 1.48 bits per heavy atom. The van der Waals surface area contributed by atoms with Crippen molar-refractivity contribution in [3.05, 3.63) is 90.1 Å². The Kier molecular flexibility index (Phi) is 10.7. The molecule has 0 fully saturated rings. The van der Waals surface area contributed by atoms with E-state index in [4.69, 9.17) is 9.47 Å². The molecule has 1 unspecified atom stereocenters. The van der Waals surface area contributed by atoms with E-state index >= 15 is 0 Å². The van der Waals surface area contributed by atoms with Gasteiger partial charge in [0.15, 0.2) is 0 Å². The second-order valence-corrected chi connectivity index (χ2v) is 11.9. The summed E-state index contributed by atoms with van der Waals surface area (Å²) in [5.74, 6) is 0.350. The molecule has 1 atom stereocenters. The number of aryl methyl sites for hydroxylation is 1. The van der Waals surface area contributed by atoms with Crippen molar-refractivity contribution in [3.8, 4) is 0 Å². The number of hydrogen-bond acceptors (Lipinski definition) is 6. The van der Waals surface area contributed by atoms with Crippen LogP contribution in [0.15, 0.2) is 79.0 Å². The summed E-state index contributed by atoms with van der Waals surface area (Å²) in [4.78, 5) is 31.3. The minimum absolute atomic E-state index is 0.202. The summed E-state index contributed by atoms with van der Waals surface area (Å²) in [7, 11) is 0. The third kappa shape index (κ3) is 10.7. The molecular weight excluding hydrogens is 502 g/mol. The van der Waals surface area contributed by atoms with Gasteiger partial charge >= 0.3 is 12.1 Å². The van der Waals surface area contributed by atoms with E-state index in [9.17, 15) is 9.59 Å². The number of unbranched alkanes of at least 4 members (excludes halogenated alkanes) is 1. The van der Waals surface area contributed by atoms with Gasteiger partial charge in [-0.2, -0.15) is 0 Å². The summed E-state index contributed by atoms with van der Waals surface area (Å²) in [6.07, 6.45) is 4.11. The van der Waals surface area contributed by atoms with Crippen LogP contribution in [0.25, 0.3) is 0 Å². The van der Waals surface area contributed by atoms with Crippen molar-refractivity contribution in [1.29, 1.82) is 0 Å². The summed E-state index contributed by atoms with van der Waals surface area (Å²) >= 11 is 0. The van der Waals surface area contributed by atoms with E-state index in [1.165, 1.54) is 5.56 Å². The summed E-state index contributed by atoms with van der Waals surface area (Å²) in [5, 5.41) is 3.50. The number of ether oxygens (including phenoxy) is 2. The predicted molar refractivity (Wildman–Crippen MR) is 160 cm³/mol. The van der Waals surface area contributed by atoms with E-state index in [1.807, 2.05) is 102 Å². The van der Waals surface area contributed by atoms with E-state index in [0.29, 0.717) is 12.4 Å². The van der Waals surface area contributed by atoms with Crippen molar-refractivity contribution in [2.24, 2.45) is 0 Å². The van der Waals surface area contributed by atoms with Crippen molar-refractivity contribution in [1.82, 2.24) is 4.98 Å². The smallest absolute Gasteiger partial charge is 0.416 e. The zero-order valence-electron chi connectivity index (χ0n) is 24.6. The van der Waals surface area contributed by atoms with Crippen LogP contribution >= 0.6 is 0 Å². The zero-order chi connectivity index (χ0) is 29.2. The van der Waals surface area contributed by atoms with Crippen LogP contribution in [0.3, 0.4) is 0 Å². The normalized spacial score (nSPS) is 12.3. The number of benzene rings is 2. The van der Waals surface area contributed by atoms with Gasteiger partial charge in [0, 0.05) is 18.4 Å². The first-order valence-corrected chi connectivity index (χ1v) is 13.9. The zero-order valence-corrected chi connectivity index (χ0v) is 24.6. The first-order valence-electron chi connectivity index (χ1n) is 13.9. The average Bonchev–Trinajstić information content (AvgIpc) is 2.88. The molecule has 0 aliphatic rings. The van der Waals surface area contributed by atoms with Crippen LogP contribution in [0.4, 0.5) is 16.3 Å². The monoisotopic (exact) mass is 545 g/mol. The lowest BCUT2D eigenvalue weighted by Crippen LogP contribution is -2.38. The minimum atomic E-state index is -0.577. The number of carbonyl (C=O) groups excluding carboxylic acids is 2. The maximum absolute atomic E-state index is 12.8. The molecule has 7 nitrogen and oxygen atoms in total. The van der Waals surface area contributed by atoms with Gasteiger partial charge in [-0.1, -0.05) is 48.5 Å². The van der Waals surface area contributed by atoms with Crippen LogP contribution in [-0.2, 0) is 20.7 Å². The number of hydrogen-bond donors (Lipinski definition) is 1. The van der Waals surface area contributed by atoms with E-state index in [1.54, 1.807) is 11.1 Å². The number of nitrogens with one attached hydrogen (secondary N) is 1. The Bertz CT molecular complexity index is 1200. The van der Waals surface area contributed by atoms with Gasteiger partial charge in [-0.05, 0) is 96.2 Å². The molecule has 214 valence electrons. The van der Waals surface area contributed by atoms with Crippen LogP contribution in [0.5, 0.6) is 0 Å². The molecule has 0 saturated heterocycles. The number of carbonyl (C=O) groups is 2. The number of aromatic nitrogens is 1. The lowest BCUT2D eigenvalue weighted by atomic mass is 10.0. The van der Waals surface area contributed by atoms with E-state index < -0.39 is 11.2 Å². The van der Waals surface area contributed by atoms with Crippen molar-refractivity contribution >= 4 is 23.6 Å². The first kappa shape index (κ1) is 30.7. The highest BCUT2D eigenvalue weighted by Gasteiger charge is 2.24. The SMILES string of the molecule is CC(C)(C)OC(=O)CC(Nc1ccc(CCCCN(C(=O)OC(C)(C)C)c2ccccn2)cc1)c1ccccc1. The second-order valence-electron chi connectivity index (χ2n) is 11.9. The molecule has 0 bridgehead atoms. The highest BCUT2D eigenvalue weighted by atomic mass is 16.6. The average molecular weight is 546 g/mol. The maximum atomic E-state index is 12.8. The fraction of sp³-hybridized carbons (Fsp3) is 0.424. The van der Waals surface area contributed by atoms with Crippen LogP contribution in [-0.4, -0.2) is 34.8 Å². The number of nitrogens with zero attached hydrogens (tertiary/aromatic N) is 2. The quantitative estimate of drug-likeness (QED) is 0.196. The molecule has 0 spiro atoms. The molecule has 1 N–H and O–H groups in total. The molecule has 2 aromatic carbocycles. The van der Waals surface area contributed by atoms with Crippen molar-refractivity contribution in [2.75, 3.05) is 16.8 Å². The van der Waals surface area contributed by atoms with Gasteiger partial charge < -0.3 is 14.8 Å². The third-order valence-corrected chi connectivity index (χ3v) is 5.92. The molecule has 1 aromatic heterocycles. The van der Waals surface area contributed by atoms with Gasteiger partial charge in [-0.15, -0.1) is 0 Å². The van der Waals surface area contributed by atoms with E-state index in [2.05, 4.69) is 22.4 Å². The highest BCUT2D eigenvalue weighted by Crippen LogP contribution is 2.25. The summed E-state index contributed by atoms with van der Waals surface area (Å²) < 4.78 is 11.2. The molecule has 0 aliphatic carbocycles. The Morgan fingerprint density at radius 1 is 0.825 bits per heavy atom. The van der Waals surface area contributed by atoms with Gasteiger partial charge in [-0.25, -0.2) is 9.78 Å². The van der Waals surface area contributed by atoms with Crippen molar-refractivity contribution in [2.45, 2.75) is 84.5 Å². The molecule has 3 aromatic rings. The van der Waals surface area contributed by atoms with E-state index in [-0.39, 0.29) is 24.5 Å². The topological polar surface area (TPSA) is 80.8 Å². The Labute approximate surface area is 238 Å². The van der Waals surface area contributed by atoms with Crippen LogP contribution < -0.4 is 10.2 Å². The number of pyridine rings is 1. The second kappa shape index (κ2) is 14.0. The number of rotatable bonds is 11. The predicted octanol–water partition coefficient (Wildman–Crippen LogP) is 7.73. The lowest BCUT2D eigenvalue weighted by molar-refractivity contribution is -0.155. The fourth-order valence-corrected chi connectivity index (χ4v) is 4.19. The lowest BCUT2D eigenvalue weighted by Gasteiger charge is -2.26. The number of anilines is 2. The molecule has 3 rings (SSSR count). The number of amides is 1. The minimum Gasteiger partial charge on any atom is -0.460 e. The van der Waals surface area contributed by atoms with Crippen molar-refractivity contribution in [3.63, 3.8) is 0 Å². The summed E-state index contributed by atoms with van der Waals surface area (Å²) in [6.45, 7) is 11.7. The van der Waals surface area contributed by atoms with Gasteiger partial charge in [0.25, 0.3) is 0 Å². The Hall–Kier alpha value is -3.87. The molecule has 0 aliphatic heterocycles. The molecule has 0 radical (unpaired) electrons. The maximum Gasteiger partial charge on any atom is 0.416 e. The summed E-state index contributed by atoms with van der Waals surface area (Å²) in [6, 6.07) is 23.5. The van der Waals surface area contributed by atoms with Gasteiger partial charge in [0.1, 0.15) is 17.0 Å². The molecule has 1 amide bonds. The van der Waals surface area contributed by atoms with Crippen LogP contribution in [0.2, 0.25) is 0 Å². The van der Waals surface area contributed by atoms with Crippen LogP contribution in [0.1, 0.15) is 78.0 Å². The van der Waals surface area contributed by atoms with Gasteiger partial charge in [0.2, 0.25) is 0 Å². The van der Waals surface area contributed by atoms with Gasteiger partial charge in [0.05, 0.1) is 12.5 Å². The standard InChI is InChI=1S/C33H43N3O4/c1-32(2,3)39-30(37)24-28(26-15-8-7-9-16-26)35-27-20-18-25(19-21-27)14-11-13-23-36(29-17-10-12-22-34-29)31(38)40-33(4,5)6/h7-10,12,15-22,28,35H,11,13-14,23-24H2,1-6H3. The number of esters is 1. The molecular formula is C33H43N3O4. The Morgan fingerprint density at radius 3 is 2.08 bits per heavy atom. The molecule has 40 heavy (non-hydrogen) atoms. The summed E-state index contributed by atoms with van der Waals surface area (Å²) in [5.41, 5.74) is 2.07. The largest absolute Gasteiger partial charge is 0.460 e. The van der Waals surface area contributed by atoms with E-state index in [0.717, 1.165) is 30.5 Å².